The van der Waals surface area contributed by atoms with Crippen LogP contribution < -0.4 is 4.74 Å². The van der Waals surface area contributed by atoms with E-state index in [-0.39, 0.29) is 0 Å². The molecule has 3 heterocycles. The van der Waals surface area contributed by atoms with Gasteiger partial charge in [0.15, 0.2) is 5.76 Å². The lowest BCUT2D eigenvalue weighted by molar-refractivity contribution is 0.271. The Kier molecular flexibility index (Phi) is 4.80. The molecule has 0 unspecified atom stereocenters. The number of rotatable bonds is 5. The minimum atomic E-state index is 0.297. The molecular weight excluding hydrogens is 446 g/mol. The highest BCUT2D eigenvalue weighted by Gasteiger charge is 2.15. The molecule has 7 heteroatoms. The van der Waals surface area contributed by atoms with E-state index in [1.54, 1.807) is 6.07 Å². The van der Waals surface area contributed by atoms with Crippen molar-refractivity contribution in [3.63, 3.8) is 0 Å². The number of ether oxygens (including phenoxy) is 1. The molecule has 0 fully saturated rings. The number of aromatic nitrogens is 3. The van der Waals surface area contributed by atoms with Crippen LogP contribution in [0.2, 0.25) is 0 Å². The molecule has 0 N–H and O–H groups in total. The van der Waals surface area contributed by atoms with Gasteiger partial charge in [-0.3, -0.25) is 0 Å². The van der Waals surface area contributed by atoms with Gasteiger partial charge in [0.25, 0.3) is 11.8 Å². The third-order valence-corrected chi connectivity index (χ3v) is 5.08. The number of halogens is 1. The molecule has 0 saturated carbocycles. The second-order valence-corrected chi connectivity index (χ2v) is 7.73. The van der Waals surface area contributed by atoms with Gasteiger partial charge in [0.05, 0.1) is 5.52 Å². The van der Waals surface area contributed by atoms with Crippen LogP contribution in [0.1, 0.15) is 11.3 Å². The second-order valence-electron chi connectivity index (χ2n) is 6.81. The zero-order valence-electron chi connectivity index (χ0n) is 16.0. The molecule has 148 valence electrons. The molecule has 0 bridgehead atoms. The average molecular weight is 462 g/mol. The molecule has 0 aliphatic heterocycles. The van der Waals surface area contributed by atoms with Crippen molar-refractivity contribution in [1.82, 2.24) is 15.2 Å². The van der Waals surface area contributed by atoms with E-state index in [1.165, 1.54) is 5.56 Å². The number of furan rings is 1. The average Bonchev–Trinajstić information content (AvgIpc) is 3.43. The molecule has 5 aromatic rings. The summed E-state index contributed by atoms with van der Waals surface area (Å²) in [4.78, 5) is 4.62. The van der Waals surface area contributed by atoms with Crippen molar-refractivity contribution in [3.05, 3.63) is 82.5 Å². The van der Waals surface area contributed by atoms with Gasteiger partial charge in [-0.25, -0.2) is 4.98 Å². The van der Waals surface area contributed by atoms with Crippen LogP contribution in [0.4, 0.5) is 0 Å². The van der Waals surface area contributed by atoms with Gasteiger partial charge in [0.1, 0.15) is 23.8 Å². The summed E-state index contributed by atoms with van der Waals surface area (Å²) in [6.07, 6.45) is 0. The molecular formula is C23H16BrN3O3. The van der Waals surface area contributed by atoms with Gasteiger partial charge in [-0.15, -0.1) is 10.2 Å². The highest BCUT2D eigenvalue weighted by molar-refractivity contribution is 9.10. The summed E-state index contributed by atoms with van der Waals surface area (Å²) in [6.45, 7) is 2.35. The van der Waals surface area contributed by atoms with Gasteiger partial charge >= 0.3 is 0 Å². The number of benzene rings is 2. The molecule has 0 atom stereocenters. The van der Waals surface area contributed by atoms with E-state index in [4.69, 9.17) is 13.6 Å². The van der Waals surface area contributed by atoms with Gasteiger partial charge in [0, 0.05) is 9.86 Å². The molecule has 0 amide bonds. The molecule has 0 aliphatic carbocycles. The number of pyridine rings is 1. The standard InChI is InChI=1S/C23H16BrN3O3/c1-14-2-9-19-15(12-14)3-10-20(25-19)22-26-27-23(30-22)21-11-8-18(29-21)13-28-17-6-4-16(24)5-7-17/h2-12H,13H2,1H3. The largest absolute Gasteiger partial charge is 0.486 e. The zero-order chi connectivity index (χ0) is 20.5. The fraction of sp³-hybridized carbons (Fsp3) is 0.0870. The first-order valence-corrected chi connectivity index (χ1v) is 10.1. The van der Waals surface area contributed by atoms with Crippen LogP contribution in [0.25, 0.3) is 34.1 Å². The Morgan fingerprint density at radius 3 is 2.57 bits per heavy atom. The summed E-state index contributed by atoms with van der Waals surface area (Å²) in [7, 11) is 0. The van der Waals surface area contributed by atoms with E-state index in [9.17, 15) is 0 Å². The first-order chi connectivity index (χ1) is 14.6. The van der Waals surface area contributed by atoms with Gasteiger partial charge in [-0.05, 0) is 61.5 Å². The van der Waals surface area contributed by atoms with Crippen LogP contribution >= 0.6 is 15.9 Å². The maximum Gasteiger partial charge on any atom is 0.283 e. The topological polar surface area (TPSA) is 74.2 Å². The van der Waals surface area contributed by atoms with E-state index in [2.05, 4.69) is 44.1 Å². The predicted octanol–water partition coefficient (Wildman–Crippen LogP) is 6.19. The third-order valence-electron chi connectivity index (χ3n) is 4.56. The zero-order valence-corrected chi connectivity index (χ0v) is 17.6. The fourth-order valence-electron chi connectivity index (χ4n) is 3.05. The van der Waals surface area contributed by atoms with E-state index in [0.717, 1.165) is 21.1 Å². The molecule has 5 rings (SSSR count). The van der Waals surface area contributed by atoms with E-state index in [0.29, 0.717) is 35.6 Å². The Labute approximate surface area is 180 Å². The van der Waals surface area contributed by atoms with Crippen molar-refractivity contribution >= 4 is 26.8 Å². The third kappa shape index (κ3) is 3.84. The van der Waals surface area contributed by atoms with Crippen LogP contribution in [0.3, 0.4) is 0 Å². The van der Waals surface area contributed by atoms with Crippen molar-refractivity contribution in [2.75, 3.05) is 0 Å². The molecule has 30 heavy (non-hydrogen) atoms. The highest BCUT2D eigenvalue weighted by Crippen LogP contribution is 2.27. The summed E-state index contributed by atoms with van der Waals surface area (Å²) in [5.41, 5.74) is 2.69. The van der Waals surface area contributed by atoms with E-state index in [1.807, 2.05) is 54.6 Å². The van der Waals surface area contributed by atoms with Crippen LogP contribution in [-0.2, 0) is 6.61 Å². The molecule has 0 aliphatic rings. The number of nitrogens with zero attached hydrogens (tertiary/aromatic N) is 3. The number of hydrogen-bond donors (Lipinski definition) is 0. The predicted molar refractivity (Wildman–Crippen MR) is 116 cm³/mol. The quantitative estimate of drug-likeness (QED) is 0.310. The van der Waals surface area contributed by atoms with Crippen molar-refractivity contribution in [2.24, 2.45) is 0 Å². The minimum Gasteiger partial charge on any atom is -0.486 e. The Balaban J connectivity index is 1.33. The maximum atomic E-state index is 5.80. The second kappa shape index (κ2) is 7.76. The van der Waals surface area contributed by atoms with Gasteiger partial charge < -0.3 is 13.6 Å². The highest BCUT2D eigenvalue weighted by atomic mass is 79.9. The molecule has 2 aromatic carbocycles. The Bertz CT molecular complexity index is 1330. The molecule has 0 radical (unpaired) electrons. The molecule has 0 spiro atoms. The summed E-state index contributed by atoms with van der Waals surface area (Å²) in [5.74, 6) is 2.54. The summed E-state index contributed by atoms with van der Waals surface area (Å²) < 4.78 is 18.3. The van der Waals surface area contributed by atoms with Crippen molar-refractivity contribution < 1.29 is 13.6 Å². The summed E-state index contributed by atoms with van der Waals surface area (Å²) in [6, 6.07) is 21.2. The van der Waals surface area contributed by atoms with Crippen molar-refractivity contribution in [2.45, 2.75) is 13.5 Å². The van der Waals surface area contributed by atoms with Crippen LogP contribution in [0.15, 0.2) is 80.0 Å². The molecule has 0 saturated heterocycles. The molecule has 6 nitrogen and oxygen atoms in total. The smallest absolute Gasteiger partial charge is 0.283 e. The maximum absolute atomic E-state index is 5.80. The van der Waals surface area contributed by atoms with Crippen molar-refractivity contribution in [1.29, 1.82) is 0 Å². The number of hydrogen-bond acceptors (Lipinski definition) is 6. The summed E-state index contributed by atoms with van der Waals surface area (Å²) >= 11 is 3.40. The Morgan fingerprint density at radius 2 is 1.70 bits per heavy atom. The van der Waals surface area contributed by atoms with Crippen LogP contribution in [-0.4, -0.2) is 15.2 Å². The Hall–Kier alpha value is -3.45. The van der Waals surface area contributed by atoms with Crippen molar-refractivity contribution in [3.8, 4) is 29.0 Å². The Morgan fingerprint density at radius 1 is 0.867 bits per heavy atom. The lowest BCUT2D eigenvalue weighted by atomic mass is 10.1. The van der Waals surface area contributed by atoms with Gasteiger partial charge in [-0.1, -0.05) is 33.6 Å². The molecule has 3 aromatic heterocycles. The lowest BCUT2D eigenvalue weighted by Gasteiger charge is -2.03. The SMILES string of the molecule is Cc1ccc2nc(-c3nnc(-c4ccc(COc5ccc(Br)cc5)o4)o3)ccc2c1. The monoisotopic (exact) mass is 461 g/mol. The first kappa shape index (κ1) is 18.6. The van der Waals surface area contributed by atoms with Gasteiger partial charge in [0.2, 0.25) is 0 Å². The van der Waals surface area contributed by atoms with E-state index < -0.39 is 0 Å². The van der Waals surface area contributed by atoms with Crippen LogP contribution in [0, 0.1) is 6.92 Å². The first-order valence-electron chi connectivity index (χ1n) is 9.33. The fourth-order valence-corrected chi connectivity index (χ4v) is 3.31. The minimum absolute atomic E-state index is 0.297. The number of aryl methyl sites for hydroxylation is 1. The number of fused-ring (bicyclic) bond motifs is 1. The normalized spacial score (nSPS) is 11.1. The summed E-state index contributed by atoms with van der Waals surface area (Å²) in [5, 5.41) is 9.29. The van der Waals surface area contributed by atoms with Gasteiger partial charge in [-0.2, -0.15) is 0 Å². The van der Waals surface area contributed by atoms with Crippen LogP contribution in [0.5, 0.6) is 5.75 Å². The lowest BCUT2D eigenvalue weighted by Crippen LogP contribution is -1.93. The van der Waals surface area contributed by atoms with E-state index >= 15 is 0 Å².